The molecule has 3 atom stereocenters. The van der Waals surface area contributed by atoms with E-state index in [0.717, 1.165) is 111 Å². The smallest absolute Gasteiger partial charge is 0.310 e. The average molecular weight is 766 g/mol. The van der Waals surface area contributed by atoms with E-state index >= 15 is 0 Å². The van der Waals surface area contributed by atoms with Crippen LogP contribution in [-0.2, 0) is 44.1 Å². The van der Waals surface area contributed by atoms with E-state index in [1.54, 1.807) is 0 Å². The Balaban J connectivity index is 1.25. The molecule has 5 aliphatic heterocycles. The molecule has 0 saturated heterocycles. The zero-order valence-corrected chi connectivity index (χ0v) is 31.9. The molecule has 0 amide bonds. The monoisotopic (exact) mass is 765 g/mol. The SMILES string of the molecule is O=C(CCCCCOP(=O)([O-])c1ccc(C(=O)[O-])c(C2=c3cc4c5c(c3Oc3c2cc2c6c3CCCN6CCC2)CCC[N+]=5CCC4)c1)OP(F)P. The quantitative estimate of drug-likeness (QED) is 0.127. The van der Waals surface area contributed by atoms with E-state index in [1.165, 1.54) is 40.4 Å². The number of benzene rings is 3. The van der Waals surface area contributed by atoms with Crippen LogP contribution in [0.4, 0.5) is 9.88 Å². The van der Waals surface area contributed by atoms with Crippen molar-refractivity contribution in [1.82, 2.24) is 4.58 Å². The average Bonchev–Trinajstić information content (AvgIpc) is 3.12. The van der Waals surface area contributed by atoms with E-state index in [-0.39, 0.29) is 29.5 Å². The molecule has 10 nitrogen and oxygen atoms in total. The first-order valence-corrected chi connectivity index (χ1v) is 22.6. The largest absolute Gasteiger partial charge is 0.775 e. The number of unbranched alkanes of at least 4 members (excludes halogenated alkanes) is 2. The number of hydrogen-bond acceptors (Lipinski definition) is 9. The number of carbonyl (C=O) groups is 2. The first-order valence-electron chi connectivity index (χ1n) is 18.3. The van der Waals surface area contributed by atoms with Gasteiger partial charge < -0.3 is 38.0 Å². The minimum atomic E-state index is -4.66. The van der Waals surface area contributed by atoms with Gasteiger partial charge in [-0.25, -0.2) is 4.58 Å². The zero-order valence-electron chi connectivity index (χ0n) is 28.9. The van der Waals surface area contributed by atoms with Gasteiger partial charge in [-0.15, -0.1) is 0 Å². The third kappa shape index (κ3) is 6.62. The molecule has 5 heterocycles. The van der Waals surface area contributed by atoms with Gasteiger partial charge in [-0.2, -0.15) is 4.20 Å². The normalized spacial score (nSPS) is 18.6. The van der Waals surface area contributed by atoms with Crippen molar-refractivity contribution in [2.24, 2.45) is 0 Å². The number of halogens is 1. The topological polar surface area (TPSA) is 131 Å². The lowest BCUT2D eigenvalue weighted by Gasteiger charge is -2.39. The molecule has 0 N–H and O–H groups in total. The van der Waals surface area contributed by atoms with Gasteiger partial charge in [0.2, 0.25) is 5.36 Å². The lowest BCUT2D eigenvalue weighted by molar-refractivity contribution is -0.255. The minimum absolute atomic E-state index is 0.0252. The molecule has 3 aromatic carbocycles. The van der Waals surface area contributed by atoms with Gasteiger partial charge in [-0.05, 0) is 95.7 Å². The fourth-order valence-corrected chi connectivity index (χ4v) is 10.5. The lowest BCUT2D eigenvalue weighted by atomic mass is 9.82. The van der Waals surface area contributed by atoms with E-state index in [2.05, 4.69) is 26.1 Å². The minimum Gasteiger partial charge on any atom is -0.775 e. The van der Waals surface area contributed by atoms with Gasteiger partial charge in [-0.1, -0.05) is 12.5 Å². The summed E-state index contributed by atoms with van der Waals surface area (Å²) in [5.41, 5.74) is 7.48. The van der Waals surface area contributed by atoms with Gasteiger partial charge >= 0.3 is 5.97 Å². The fraction of sp³-hybridized carbons (Fsp3) is 0.447. The molecular weight excluding hydrogens is 724 g/mol. The molecule has 3 aromatic rings. The number of hydrogen-bond donors (Lipinski definition) is 0. The second-order valence-corrected chi connectivity index (χ2v) is 18.0. The van der Waals surface area contributed by atoms with Crippen molar-refractivity contribution in [2.45, 2.75) is 77.0 Å². The first kappa shape index (κ1) is 35.8. The lowest BCUT2D eigenvalue weighted by Crippen LogP contribution is -2.45. The van der Waals surface area contributed by atoms with E-state index in [4.69, 9.17) is 9.26 Å². The highest BCUT2D eigenvalue weighted by atomic mass is 32.0. The maximum Gasteiger partial charge on any atom is 0.310 e. The Morgan fingerprint density at radius 2 is 1.69 bits per heavy atom. The molecule has 5 aliphatic rings. The number of carboxylic acids is 1. The molecule has 0 spiro atoms. The van der Waals surface area contributed by atoms with Crippen LogP contribution >= 0.6 is 24.7 Å². The molecule has 0 saturated carbocycles. The third-order valence-electron chi connectivity index (χ3n) is 11.0. The van der Waals surface area contributed by atoms with Gasteiger partial charge in [0.15, 0.2) is 7.60 Å². The van der Waals surface area contributed by atoms with E-state index < -0.39 is 27.7 Å². The van der Waals surface area contributed by atoms with Crippen molar-refractivity contribution in [3.05, 3.63) is 79.9 Å². The highest BCUT2D eigenvalue weighted by Crippen LogP contribution is 2.49. The van der Waals surface area contributed by atoms with Gasteiger partial charge in [0.25, 0.3) is 8.15 Å². The molecule has 0 bridgehead atoms. The summed E-state index contributed by atoms with van der Waals surface area (Å²) >= 11 is 0. The molecule has 3 unspecified atom stereocenters. The second kappa shape index (κ2) is 14.6. The highest BCUT2D eigenvalue weighted by molar-refractivity contribution is 8.08. The number of anilines is 1. The number of rotatable bonds is 11. The van der Waals surface area contributed by atoms with Crippen LogP contribution in [0.1, 0.15) is 95.1 Å². The van der Waals surface area contributed by atoms with Gasteiger partial charge in [0, 0.05) is 76.4 Å². The van der Waals surface area contributed by atoms with Crippen LogP contribution < -0.4 is 40.1 Å². The Morgan fingerprint density at radius 3 is 2.48 bits per heavy atom. The molecule has 0 fully saturated rings. The number of carboxylic acid groups (broad SMARTS) is 1. The molecular formula is C38H41FN2O8P3-. The van der Waals surface area contributed by atoms with Crippen LogP contribution in [0.3, 0.4) is 0 Å². The summed E-state index contributed by atoms with van der Waals surface area (Å²) < 4.78 is 46.1. The Morgan fingerprint density at radius 1 is 0.942 bits per heavy atom. The molecule has 0 radical (unpaired) electrons. The number of nitrogens with zero attached hydrogens (tertiary/aromatic N) is 2. The van der Waals surface area contributed by atoms with Crippen molar-refractivity contribution in [1.29, 1.82) is 0 Å². The number of aromatic carboxylic acids is 1. The van der Waals surface area contributed by atoms with Crippen LogP contribution in [0.15, 0.2) is 30.3 Å². The molecule has 0 aromatic heterocycles. The van der Waals surface area contributed by atoms with Crippen molar-refractivity contribution < 1.29 is 42.1 Å². The number of carbonyl (C=O) groups excluding carboxylic acids is 2. The summed E-state index contributed by atoms with van der Waals surface area (Å²) in [6.45, 7) is 3.82. The summed E-state index contributed by atoms with van der Waals surface area (Å²) in [7, 11) is -5.19. The van der Waals surface area contributed by atoms with E-state index in [9.17, 15) is 28.4 Å². The second-order valence-electron chi connectivity index (χ2n) is 14.2. The summed E-state index contributed by atoms with van der Waals surface area (Å²) in [4.78, 5) is 40.6. The van der Waals surface area contributed by atoms with Crippen molar-refractivity contribution in [3.63, 3.8) is 0 Å². The Bertz CT molecular complexity index is 2170. The van der Waals surface area contributed by atoms with Crippen LogP contribution in [-0.4, -0.2) is 44.7 Å². The maximum absolute atomic E-state index is 13.7. The van der Waals surface area contributed by atoms with E-state index in [1.807, 2.05) is 8.93 Å². The Labute approximate surface area is 305 Å². The Hall–Kier alpha value is -3.19. The van der Waals surface area contributed by atoms with Crippen LogP contribution in [0, 0.1) is 0 Å². The zero-order chi connectivity index (χ0) is 36.1. The van der Waals surface area contributed by atoms with Crippen molar-refractivity contribution >= 4 is 53.2 Å². The van der Waals surface area contributed by atoms with Crippen LogP contribution in [0.5, 0.6) is 11.5 Å². The predicted octanol–water partition coefficient (Wildman–Crippen LogP) is 3.86. The molecule has 8 rings (SSSR count). The van der Waals surface area contributed by atoms with Gasteiger partial charge in [-0.3, -0.25) is 4.79 Å². The van der Waals surface area contributed by atoms with Crippen molar-refractivity contribution in [3.8, 4) is 11.5 Å². The number of aryl methyl sites for hydroxylation is 2. The highest BCUT2D eigenvalue weighted by Gasteiger charge is 2.36. The predicted molar refractivity (Wildman–Crippen MR) is 197 cm³/mol. The number of fused-ring (bicyclic) bond motifs is 4. The van der Waals surface area contributed by atoms with Gasteiger partial charge in [0.05, 0.1) is 18.1 Å². The maximum atomic E-state index is 13.7. The molecule has 52 heavy (non-hydrogen) atoms. The summed E-state index contributed by atoms with van der Waals surface area (Å²) in [5, 5.41) is 14.7. The fourth-order valence-electron chi connectivity index (χ4n) is 8.84. The standard InChI is InChI=1S/C38H42FN2O8P3/c39-51(50)49-32(42)12-2-1-3-19-47-52(45,46)25-13-14-26(38(43)44)29(22-25)33-30-20-23-8-4-15-40-17-6-10-27(34(23)40)36(30)48-37-28-11-7-18-41-16-5-9-24(35(28)41)21-31(33)37/h13-14,20-22H,1-12,15-19,50H2,(H-,43,44,45,46)/p-1. The molecule has 14 heteroatoms. The summed E-state index contributed by atoms with van der Waals surface area (Å²) in [6.07, 6.45) is 8.71. The third-order valence-corrected chi connectivity index (χ3v) is 13.1. The number of ether oxygens (including phenoxy) is 1. The van der Waals surface area contributed by atoms with Crippen molar-refractivity contribution in [2.75, 3.05) is 37.7 Å². The Kier molecular flexibility index (Phi) is 10.0. The van der Waals surface area contributed by atoms with Crippen LogP contribution in [0.25, 0.3) is 5.57 Å². The first-order chi connectivity index (χ1) is 25.1. The summed E-state index contributed by atoms with van der Waals surface area (Å²) in [5.74, 6) is -0.574. The molecule has 0 aliphatic carbocycles. The van der Waals surface area contributed by atoms with Crippen LogP contribution in [0.2, 0.25) is 0 Å². The summed E-state index contributed by atoms with van der Waals surface area (Å²) in [6, 6.07) is 8.28. The van der Waals surface area contributed by atoms with Gasteiger partial charge in [0.1, 0.15) is 24.6 Å². The van der Waals surface area contributed by atoms with E-state index in [0.29, 0.717) is 24.8 Å². The molecule has 274 valence electrons.